The zero-order valence-electron chi connectivity index (χ0n) is 16.1. The van der Waals surface area contributed by atoms with Crippen LogP contribution in [0.5, 0.6) is 0 Å². The van der Waals surface area contributed by atoms with Crippen molar-refractivity contribution in [2.24, 2.45) is 5.73 Å². The van der Waals surface area contributed by atoms with Gasteiger partial charge < -0.3 is 20.3 Å². The quantitative estimate of drug-likeness (QED) is 0.770. The van der Waals surface area contributed by atoms with Crippen LogP contribution < -0.4 is 5.73 Å². The Morgan fingerprint density at radius 3 is 1.96 bits per heavy atom. The summed E-state index contributed by atoms with van der Waals surface area (Å²) in [7, 11) is 0. The van der Waals surface area contributed by atoms with Gasteiger partial charge in [0.05, 0.1) is 11.1 Å². The van der Waals surface area contributed by atoms with E-state index in [1.54, 1.807) is 53.7 Å². The number of carbonyl (C=O) groups is 3. The number of carboxylic acids is 1. The van der Waals surface area contributed by atoms with Gasteiger partial charge in [-0.15, -0.1) is 0 Å². The third-order valence-electron chi connectivity index (χ3n) is 3.13. The molecule has 0 heterocycles. The minimum atomic E-state index is -1.22. The van der Waals surface area contributed by atoms with E-state index in [1.165, 1.54) is 6.07 Å². The lowest BCUT2D eigenvalue weighted by atomic mass is 9.95. The number of carbonyl (C=O) groups excluding carboxylic acids is 2. The Labute approximate surface area is 153 Å². The van der Waals surface area contributed by atoms with Crippen molar-refractivity contribution >= 4 is 17.9 Å². The van der Waals surface area contributed by atoms with Crippen molar-refractivity contribution in [1.82, 2.24) is 0 Å². The lowest BCUT2D eigenvalue weighted by molar-refractivity contribution is -0.138. The number of ether oxygens (including phenoxy) is 2. The SMILES string of the molecule is CC(C)(C)OC(=O)c1cccc(CC(N)C(=O)O)c1C(=O)OC(C)(C)C. The number of aliphatic carboxylic acids is 1. The van der Waals surface area contributed by atoms with Crippen molar-refractivity contribution < 1.29 is 29.0 Å². The molecule has 0 amide bonds. The monoisotopic (exact) mass is 365 g/mol. The molecule has 0 aliphatic rings. The van der Waals surface area contributed by atoms with E-state index in [-0.39, 0.29) is 17.5 Å². The second-order valence-electron chi connectivity index (χ2n) is 7.99. The first-order chi connectivity index (χ1) is 11.7. The average molecular weight is 365 g/mol. The lowest BCUT2D eigenvalue weighted by Gasteiger charge is -2.24. The summed E-state index contributed by atoms with van der Waals surface area (Å²) >= 11 is 0. The van der Waals surface area contributed by atoms with Gasteiger partial charge in [-0.25, -0.2) is 9.59 Å². The summed E-state index contributed by atoms with van der Waals surface area (Å²) in [5.41, 5.74) is 4.38. The summed E-state index contributed by atoms with van der Waals surface area (Å²) in [4.78, 5) is 36.3. The maximum atomic E-state index is 12.7. The van der Waals surface area contributed by atoms with E-state index in [1.807, 2.05) is 0 Å². The minimum Gasteiger partial charge on any atom is -0.480 e. The Hall–Kier alpha value is -2.41. The van der Waals surface area contributed by atoms with Crippen molar-refractivity contribution in [2.45, 2.75) is 65.2 Å². The van der Waals surface area contributed by atoms with E-state index >= 15 is 0 Å². The van der Waals surface area contributed by atoms with E-state index in [0.717, 1.165) is 0 Å². The number of benzene rings is 1. The molecule has 7 heteroatoms. The van der Waals surface area contributed by atoms with Crippen LogP contribution >= 0.6 is 0 Å². The number of rotatable bonds is 5. The molecular weight excluding hydrogens is 338 g/mol. The smallest absolute Gasteiger partial charge is 0.339 e. The average Bonchev–Trinajstić information content (AvgIpc) is 2.42. The van der Waals surface area contributed by atoms with Gasteiger partial charge in [0.25, 0.3) is 0 Å². The van der Waals surface area contributed by atoms with Gasteiger partial charge in [0.1, 0.15) is 17.2 Å². The highest BCUT2D eigenvalue weighted by molar-refractivity contribution is 6.04. The molecule has 144 valence electrons. The molecule has 0 spiro atoms. The molecule has 3 N–H and O–H groups in total. The van der Waals surface area contributed by atoms with E-state index < -0.39 is 35.2 Å². The third kappa shape index (κ3) is 6.48. The summed E-state index contributed by atoms with van der Waals surface area (Å²) in [6, 6.07) is 3.33. The highest BCUT2D eigenvalue weighted by Gasteiger charge is 2.29. The number of hydrogen-bond acceptors (Lipinski definition) is 6. The van der Waals surface area contributed by atoms with Gasteiger partial charge in [-0.3, -0.25) is 4.79 Å². The van der Waals surface area contributed by atoms with Crippen molar-refractivity contribution in [3.8, 4) is 0 Å². The van der Waals surface area contributed by atoms with Crippen LogP contribution in [0, 0.1) is 0 Å². The predicted octanol–water partition coefficient (Wildman–Crippen LogP) is 2.55. The van der Waals surface area contributed by atoms with Gasteiger partial charge in [-0.05, 0) is 59.6 Å². The first-order valence-electron chi connectivity index (χ1n) is 8.28. The standard InChI is InChI=1S/C19H27NO6/c1-18(2,3)25-16(23)12-9-7-8-11(10-13(20)15(21)22)14(12)17(24)26-19(4,5)6/h7-9,13H,10,20H2,1-6H3,(H,21,22). The van der Waals surface area contributed by atoms with Gasteiger partial charge in [0.15, 0.2) is 0 Å². The van der Waals surface area contributed by atoms with Crippen molar-refractivity contribution in [3.05, 3.63) is 34.9 Å². The molecule has 0 bridgehead atoms. The second-order valence-corrected chi connectivity index (χ2v) is 7.99. The van der Waals surface area contributed by atoms with Gasteiger partial charge in [-0.2, -0.15) is 0 Å². The van der Waals surface area contributed by atoms with Crippen LogP contribution in [-0.2, 0) is 20.7 Å². The highest BCUT2D eigenvalue weighted by Crippen LogP contribution is 2.23. The first kappa shape index (κ1) is 21.6. The van der Waals surface area contributed by atoms with Crippen LogP contribution in [0.15, 0.2) is 18.2 Å². The molecule has 1 aromatic carbocycles. The molecule has 0 aliphatic heterocycles. The lowest BCUT2D eigenvalue weighted by Crippen LogP contribution is -2.34. The Morgan fingerprint density at radius 2 is 1.50 bits per heavy atom. The maximum Gasteiger partial charge on any atom is 0.339 e. The van der Waals surface area contributed by atoms with Gasteiger partial charge in [0, 0.05) is 0 Å². The number of carboxylic acid groups (broad SMARTS) is 1. The Morgan fingerprint density at radius 1 is 1.00 bits per heavy atom. The van der Waals surface area contributed by atoms with E-state index in [2.05, 4.69) is 0 Å². The fourth-order valence-corrected chi connectivity index (χ4v) is 2.17. The largest absolute Gasteiger partial charge is 0.480 e. The fraction of sp³-hybridized carbons (Fsp3) is 0.526. The van der Waals surface area contributed by atoms with Gasteiger partial charge in [0.2, 0.25) is 0 Å². The van der Waals surface area contributed by atoms with E-state index in [9.17, 15) is 14.4 Å². The highest BCUT2D eigenvalue weighted by atomic mass is 16.6. The third-order valence-corrected chi connectivity index (χ3v) is 3.13. The van der Waals surface area contributed by atoms with Crippen LogP contribution in [0.2, 0.25) is 0 Å². The van der Waals surface area contributed by atoms with E-state index in [0.29, 0.717) is 5.56 Å². The van der Waals surface area contributed by atoms with Crippen LogP contribution in [0.3, 0.4) is 0 Å². The number of nitrogens with two attached hydrogens (primary N) is 1. The summed E-state index contributed by atoms with van der Waals surface area (Å²) in [5.74, 6) is -2.63. The summed E-state index contributed by atoms with van der Waals surface area (Å²) in [5, 5.41) is 9.06. The molecule has 1 aromatic rings. The van der Waals surface area contributed by atoms with Crippen LogP contribution in [0.4, 0.5) is 0 Å². The summed E-state index contributed by atoms with van der Waals surface area (Å²) in [6.07, 6.45) is -0.124. The predicted molar refractivity (Wildman–Crippen MR) is 96.1 cm³/mol. The molecule has 0 saturated carbocycles. The maximum absolute atomic E-state index is 12.7. The molecule has 0 radical (unpaired) electrons. The minimum absolute atomic E-state index is 0.0178. The molecule has 0 saturated heterocycles. The second kappa shape index (κ2) is 7.86. The molecule has 1 rings (SSSR count). The molecule has 0 fully saturated rings. The van der Waals surface area contributed by atoms with Crippen molar-refractivity contribution in [3.63, 3.8) is 0 Å². The number of hydrogen-bond donors (Lipinski definition) is 2. The molecule has 26 heavy (non-hydrogen) atoms. The molecule has 0 aliphatic carbocycles. The Kier molecular flexibility index (Phi) is 6.54. The summed E-state index contributed by atoms with van der Waals surface area (Å²) in [6.45, 7) is 10.2. The molecule has 1 atom stereocenters. The van der Waals surface area contributed by atoms with Crippen LogP contribution in [0.1, 0.15) is 67.8 Å². The Balaban J connectivity index is 3.42. The molecular formula is C19H27NO6. The normalized spacial score (nSPS) is 13.0. The topological polar surface area (TPSA) is 116 Å². The van der Waals surface area contributed by atoms with Crippen molar-refractivity contribution in [1.29, 1.82) is 0 Å². The molecule has 1 unspecified atom stereocenters. The molecule has 7 nitrogen and oxygen atoms in total. The van der Waals surface area contributed by atoms with Crippen LogP contribution in [0.25, 0.3) is 0 Å². The molecule has 0 aromatic heterocycles. The van der Waals surface area contributed by atoms with Crippen LogP contribution in [-0.4, -0.2) is 40.3 Å². The zero-order valence-corrected chi connectivity index (χ0v) is 16.1. The summed E-state index contributed by atoms with van der Waals surface area (Å²) < 4.78 is 10.8. The van der Waals surface area contributed by atoms with Gasteiger partial charge >= 0.3 is 17.9 Å². The zero-order chi connectivity index (χ0) is 20.3. The Bertz CT molecular complexity index is 697. The van der Waals surface area contributed by atoms with E-state index in [4.69, 9.17) is 20.3 Å². The first-order valence-corrected chi connectivity index (χ1v) is 8.28. The fourth-order valence-electron chi connectivity index (χ4n) is 2.17. The number of esters is 2. The van der Waals surface area contributed by atoms with Crippen molar-refractivity contribution in [2.75, 3.05) is 0 Å². The van der Waals surface area contributed by atoms with Gasteiger partial charge in [-0.1, -0.05) is 12.1 Å².